The topological polar surface area (TPSA) is 13.1 Å². The third-order valence-corrected chi connectivity index (χ3v) is 9.06. The van der Waals surface area contributed by atoms with Crippen LogP contribution in [0, 0.1) is 0 Å². The van der Waals surface area contributed by atoms with Gasteiger partial charge in [0.2, 0.25) is 0 Å². The van der Waals surface area contributed by atoms with Crippen LogP contribution < -0.4 is 0 Å². The van der Waals surface area contributed by atoms with Crippen LogP contribution >= 0.6 is 0 Å². The van der Waals surface area contributed by atoms with Crippen LogP contribution in [0.15, 0.2) is 174 Å². The molecule has 0 aliphatic rings. The van der Waals surface area contributed by atoms with E-state index in [1.165, 1.54) is 66.1 Å². The Morgan fingerprint density at radius 2 is 0.844 bits per heavy atom. The second-order valence-electron chi connectivity index (χ2n) is 11.6. The Morgan fingerprint density at radius 3 is 1.62 bits per heavy atom. The van der Waals surface area contributed by atoms with Crippen molar-refractivity contribution >= 4 is 43.5 Å². The molecule has 0 atom stereocenters. The summed E-state index contributed by atoms with van der Waals surface area (Å²) < 4.78 is 6.25. The fourth-order valence-electron chi connectivity index (χ4n) is 7.07. The molecule has 1 heterocycles. The van der Waals surface area contributed by atoms with Crippen LogP contribution in [0.1, 0.15) is 0 Å². The quantitative estimate of drug-likeness (QED) is 0.191. The zero-order chi connectivity index (χ0) is 29.7. The number of fused-ring (bicyclic) bond motifs is 5. The smallest absolute Gasteiger partial charge is 0.136 e. The molecule has 1 nitrogen and oxygen atoms in total. The molecule has 0 unspecified atom stereocenters. The Morgan fingerprint density at radius 1 is 0.289 bits per heavy atom. The zero-order valence-corrected chi connectivity index (χ0v) is 24.6. The standard InChI is InChI=1S/C44H28O/c1-3-13-29(14-4-1)31-25-26-37-39(28-31)42(30-15-5-2-6-16-30)35-19-7-8-20-36(35)43(37)33-18-11-17-32(27-33)34-22-12-24-41-44(34)38-21-9-10-23-40(38)45-41/h1-28H. The van der Waals surface area contributed by atoms with E-state index < -0.39 is 0 Å². The summed E-state index contributed by atoms with van der Waals surface area (Å²) in [6.07, 6.45) is 0. The number of benzene rings is 8. The molecule has 9 aromatic rings. The highest BCUT2D eigenvalue weighted by Crippen LogP contribution is 2.46. The first-order chi connectivity index (χ1) is 22.3. The highest BCUT2D eigenvalue weighted by Gasteiger charge is 2.19. The normalized spacial score (nSPS) is 11.6. The summed E-state index contributed by atoms with van der Waals surface area (Å²) in [6.45, 7) is 0. The van der Waals surface area contributed by atoms with Crippen LogP contribution in [0.4, 0.5) is 0 Å². The SMILES string of the molecule is c1ccc(-c2ccc3c(-c4cccc(-c5cccc6oc7ccccc7c56)c4)c4ccccc4c(-c4ccccc4)c3c2)cc1. The van der Waals surface area contributed by atoms with E-state index in [1.807, 2.05) is 12.1 Å². The number of hydrogen-bond acceptors (Lipinski definition) is 1. The molecule has 0 N–H and O–H groups in total. The van der Waals surface area contributed by atoms with Crippen molar-refractivity contribution in [2.45, 2.75) is 0 Å². The Hall–Kier alpha value is -5.92. The third-order valence-electron chi connectivity index (χ3n) is 9.06. The molecule has 0 amide bonds. The van der Waals surface area contributed by atoms with Crippen molar-refractivity contribution in [3.8, 4) is 44.5 Å². The summed E-state index contributed by atoms with van der Waals surface area (Å²) >= 11 is 0. The van der Waals surface area contributed by atoms with Gasteiger partial charge in [-0.05, 0) is 90.3 Å². The van der Waals surface area contributed by atoms with Gasteiger partial charge in [0.1, 0.15) is 11.2 Å². The minimum atomic E-state index is 0.913. The van der Waals surface area contributed by atoms with Crippen LogP contribution in [0.2, 0.25) is 0 Å². The zero-order valence-electron chi connectivity index (χ0n) is 24.6. The lowest BCUT2D eigenvalue weighted by Gasteiger charge is -2.19. The van der Waals surface area contributed by atoms with Gasteiger partial charge in [-0.15, -0.1) is 0 Å². The highest BCUT2D eigenvalue weighted by atomic mass is 16.3. The average molecular weight is 573 g/mol. The molecule has 0 aliphatic carbocycles. The molecule has 9 rings (SSSR count). The van der Waals surface area contributed by atoms with Gasteiger partial charge >= 0.3 is 0 Å². The molecule has 210 valence electrons. The molecular formula is C44H28O. The van der Waals surface area contributed by atoms with E-state index in [-0.39, 0.29) is 0 Å². The summed E-state index contributed by atoms with van der Waals surface area (Å²) in [5.74, 6) is 0. The Balaban J connectivity index is 1.35. The minimum absolute atomic E-state index is 0.913. The molecule has 45 heavy (non-hydrogen) atoms. The maximum atomic E-state index is 6.25. The monoisotopic (exact) mass is 572 g/mol. The van der Waals surface area contributed by atoms with Gasteiger partial charge in [0.15, 0.2) is 0 Å². The molecule has 1 heteroatoms. The summed E-state index contributed by atoms with van der Waals surface area (Å²) in [5.41, 5.74) is 11.6. The third kappa shape index (κ3) is 4.17. The van der Waals surface area contributed by atoms with Crippen LogP contribution in [-0.2, 0) is 0 Å². The molecule has 0 radical (unpaired) electrons. The van der Waals surface area contributed by atoms with Gasteiger partial charge < -0.3 is 4.42 Å². The van der Waals surface area contributed by atoms with Crippen molar-refractivity contribution in [3.05, 3.63) is 170 Å². The summed E-state index contributed by atoms with van der Waals surface area (Å²) in [4.78, 5) is 0. The van der Waals surface area contributed by atoms with Crippen LogP contribution in [-0.4, -0.2) is 0 Å². The largest absolute Gasteiger partial charge is 0.456 e. The van der Waals surface area contributed by atoms with Crippen molar-refractivity contribution < 1.29 is 4.42 Å². The highest BCUT2D eigenvalue weighted by molar-refractivity contribution is 6.22. The van der Waals surface area contributed by atoms with Gasteiger partial charge in [-0.1, -0.05) is 146 Å². The number of rotatable bonds is 4. The molecular weight excluding hydrogens is 544 g/mol. The van der Waals surface area contributed by atoms with Gasteiger partial charge in [-0.25, -0.2) is 0 Å². The number of hydrogen-bond donors (Lipinski definition) is 0. The maximum Gasteiger partial charge on any atom is 0.136 e. The van der Waals surface area contributed by atoms with E-state index in [4.69, 9.17) is 4.42 Å². The molecule has 0 bridgehead atoms. The van der Waals surface area contributed by atoms with Gasteiger partial charge in [-0.2, -0.15) is 0 Å². The predicted octanol–water partition coefficient (Wildman–Crippen LogP) is 12.6. The van der Waals surface area contributed by atoms with E-state index in [0.717, 1.165) is 21.9 Å². The predicted molar refractivity (Wildman–Crippen MR) is 190 cm³/mol. The Bertz CT molecular complexity index is 2520. The Kier molecular flexibility index (Phi) is 5.89. The van der Waals surface area contributed by atoms with Gasteiger partial charge in [0.05, 0.1) is 0 Å². The van der Waals surface area contributed by atoms with E-state index in [9.17, 15) is 0 Å². The molecule has 8 aromatic carbocycles. The average Bonchev–Trinajstić information content (AvgIpc) is 3.50. The van der Waals surface area contributed by atoms with Crippen molar-refractivity contribution in [3.63, 3.8) is 0 Å². The molecule has 1 aromatic heterocycles. The lowest BCUT2D eigenvalue weighted by Crippen LogP contribution is -1.92. The lowest BCUT2D eigenvalue weighted by atomic mass is 9.84. The summed E-state index contributed by atoms with van der Waals surface area (Å²) in [7, 11) is 0. The fraction of sp³-hybridized carbons (Fsp3) is 0. The second kappa shape index (κ2) is 10.4. The summed E-state index contributed by atoms with van der Waals surface area (Å²) in [5, 5.41) is 7.31. The fourth-order valence-corrected chi connectivity index (χ4v) is 7.07. The summed E-state index contributed by atoms with van der Waals surface area (Å²) in [6, 6.07) is 61.0. The molecule has 0 spiro atoms. The molecule has 0 saturated carbocycles. The van der Waals surface area contributed by atoms with E-state index in [2.05, 4.69) is 158 Å². The first kappa shape index (κ1) is 25.6. The van der Waals surface area contributed by atoms with E-state index in [0.29, 0.717) is 0 Å². The second-order valence-corrected chi connectivity index (χ2v) is 11.6. The van der Waals surface area contributed by atoms with Crippen molar-refractivity contribution in [1.82, 2.24) is 0 Å². The molecule has 0 aliphatic heterocycles. The van der Waals surface area contributed by atoms with E-state index in [1.54, 1.807) is 0 Å². The first-order valence-electron chi connectivity index (χ1n) is 15.4. The van der Waals surface area contributed by atoms with Gasteiger partial charge in [0.25, 0.3) is 0 Å². The molecule has 0 saturated heterocycles. The Labute approximate surface area is 261 Å². The van der Waals surface area contributed by atoms with Crippen LogP contribution in [0.5, 0.6) is 0 Å². The van der Waals surface area contributed by atoms with Crippen molar-refractivity contribution in [2.75, 3.05) is 0 Å². The van der Waals surface area contributed by atoms with Gasteiger partial charge in [-0.3, -0.25) is 0 Å². The van der Waals surface area contributed by atoms with Gasteiger partial charge in [0, 0.05) is 10.8 Å². The van der Waals surface area contributed by atoms with Crippen molar-refractivity contribution in [1.29, 1.82) is 0 Å². The molecule has 0 fully saturated rings. The number of furan rings is 1. The maximum absolute atomic E-state index is 6.25. The number of para-hydroxylation sites is 1. The van der Waals surface area contributed by atoms with Crippen LogP contribution in [0.3, 0.4) is 0 Å². The minimum Gasteiger partial charge on any atom is -0.456 e. The van der Waals surface area contributed by atoms with Crippen LogP contribution in [0.25, 0.3) is 88.0 Å². The van der Waals surface area contributed by atoms with E-state index >= 15 is 0 Å². The van der Waals surface area contributed by atoms with Crippen molar-refractivity contribution in [2.24, 2.45) is 0 Å². The lowest BCUT2D eigenvalue weighted by molar-refractivity contribution is 0.669. The first-order valence-corrected chi connectivity index (χ1v) is 15.4.